The Kier molecular flexibility index (Phi) is 7.50. The number of hydrogen-bond acceptors (Lipinski definition) is 6. The van der Waals surface area contributed by atoms with E-state index in [1.807, 2.05) is 80.1 Å². The summed E-state index contributed by atoms with van der Waals surface area (Å²) in [6.07, 6.45) is 0. The minimum absolute atomic E-state index is 0. The first-order valence-electron chi connectivity index (χ1n) is 10.5. The maximum absolute atomic E-state index is 14.1. The van der Waals surface area contributed by atoms with Crippen molar-refractivity contribution in [2.75, 3.05) is 32.1 Å². The number of thiophene rings is 1. The Balaban J connectivity index is 0.00000274. The molecule has 0 aliphatic carbocycles. The Morgan fingerprint density at radius 2 is 1.82 bits per heavy atom. The Labute approximate surface area is 217 Å². The van der Waals surface area contributed by atoms with E-state index < -0.39 is 0 Å². The molecule has 0 fully saturated rings. The lowest BCUT2D eigenvalue weighted by Crippen LogP contribution is -2.37. The average molecular weight is 530 g/mol. The minimum atomic E-state index is -0.0940. The van der Waals surface area contributed by atoms with E-state index in [-0.39, 0.29) is 18.3 Å². The van der Waals surface area contributed by atoms with Gasteiger partial charge in [-0.3, -0.25) is 9.69 Å². The van der Waals surface area contributed by atoms with E-state index in [0.29, 0.717) is 28.8 Å². The van der Waals surface area contributed by atoms with E-state index in [9.17, 15) is 4.79 Å². The van der Waals surface area contributed by atoms with E-state index in [1.54, 1.807) is 16.2 Å². The van der Waals surface area contributed by atoms with Crippen molar-refractivity contribution in [1.29, 1.82) is 0 Å². The average Bonchev–Trinajstić information content (AvgIpc) is 3.49. The number of carbonyl (C=O) groups excluding carboxylic acids is 1. The summed E-state index contributed by atoms with van der Waals surface area (Å²) in [4.78, 5) is 28.5. The summed E-state index contributed by atoms with van der Waals surface area (Å²) in [7, 11) is 3.99. The maximum Gasteiger partial charge on any atom is 0.260 e. The Bertz CT molecular complexity index is 1450. The number of rotatable bonds is 6. The van der Waals surface area contributed by atoms with Crippen LogP contribution >= 0.6 is 46.7 Å². The highest BCUT2D eigenvalue weighted by Crippen LogP contribution is 2.35. The quantitative estimate of drug-likeness (QED) is 0.241. The summed E-state index contributed by atoms with van der Waals surface area (Å²) in [5.41, 5.74) is 2.94. The smallest absolute Gasteiger partial charge is 0.260 e. The number of benzene rings is 2. The first kappa shape index (κ1) is 24.6. The molecule has 1 amide bonds. The van der Waals surface area contributed by atoms with Gasteiger partial charge < -0.3 is 4.90 Å². The fourth-order valence-corrected chi connectivity index (χ4v) is 5.63. The molecule has 34 heavy (non-hydrogen) atoms. The number of aromatic nitrogens is 2. The van der Waals surface area contributed by atoms with Crippen LogP contribution in [-0.2, 0) is 0 Å². The van der Waals surface area contributed by atoms with E-state index in [4.69, 9.17) is 21.6 Å². The first-order valence-corrected chi connectivity index (χ1v) is 12.5. The van der Waals surface area contributed by atoms with Gasteiger partial charge in [-0.2, -0.15) is 0 Å². The van der Waals surface area contributed by atoms with Gasteiger partial charge in [0.15, 0.2) is 5.13 Å². The number of nitrogens with zero attached hydrogens (tertiary/aromatic N) is 4. The fourth-order valence-electron chi connectivity index (χ4n) is 3.65. The van der Waals surface area contributed by atoms with Gasteiger partial charge in [0.05, 0.1) is 31.4 Å². The Hall–Kier alpha value is -2.55. The molecular formula is C25H22Cl2N4OS2. The van der Waals surface area contributed by atoms with Crippen LogP contribution in [0.1, 0.15) is 10.4 Å². The number of fused-ring (bicyclic) bond motifs is 2. The third kappa shape index (κ3) is 4.80. The van der Waals surface area contributed by atoms with Gasteiger partial charge in [-0.05, 0) is 49.8 Å². The molecular weight excluding hydrogens is 507 g/mol. The molecule has 5 nitrogen and oxygen atoms in total. The highest BCUT2D eigenvalue weighted by atomic mass is 35.5. The van der Waals surface area contributed by atoms with Crippen LogP contribution in [0, 0.1) is 0 Å². The molecule has 3 heterocycles. The fraction of sp³-hybridized carbons (Fsp3) is 0.160. The summed E-state index contributed by atoms with van der Waals surface area (Å²) >= 11 is 9.47. The molecule has 174 valence electrons. The molecule has 0 radical (unpaired) electrons. The standard InChI is InChI=1S/C25H21ClN4OS2.ClH/c1-29(2)12-13-30(25-28-23-18(26)8-5-10-22(23)33-25)24(31)17-15-20(21-11-6-14-32-21)27-19-9-4-3-7-16(17)19;/h3-11,14-15H,12-13H2,1-2H3;1H. The zero-order valence-corrected chi connectivity index (χ0v) is 21.8. The molecule has 3 aromatic heterocycles. The lowest BCUT2D eigenvalue weighted by atomic mass is 10.1. The number of halogens is 2. The van der Waals surface area contributed by atoms with Crippen LogP contribution in [0.15, 0.2) is 66.0 Å². The molecule has 0 saturated heterocycles. The van der Waals surface area contributed by atoms with Crippen molar-refractivity contribution in [2.24, 2.45) is 0 Å². The highest BCUT2D eigenvalue weighted by Gasteiger charge is 2.24. The molecule has 2 aromatic carbocycles. The van der Waals surface area contributed by atoms with Gasteiger partial charge in [-0.15, -0.1) is 23.7 Å². The Morgan fingerprint density at radius 3 is 2.56 bits per heavy atom. The van der Waals surface area contributed by atoms with Crippen molar-refractivity contribution in [2.45, 2.75) is 0 Å². The SMILES string of the molecule is CN(C)CCN(C(=O)c1cc(-c2cccs2)nc2ccccc12)c1nc2c(Cl)cccc2s1.Cl. The molecule has 0 aliphatic heterocycles. The second-order valence-electron chi connectivity index (χ2n) is 7.89. The summed E-state index contributed by atoms with van der Waals surface area (Å²) in [5, 5.41) is 4.08. The molecule has 0 aliphatic rings. The van der Waals surface area contributed by atoms with Crippen LogP contribution < -0.4 is 4.90 Å². The summed E-state index contributed by atoms with van der Waals surface area (Å²) < 4.78 is 0.957. The van der Waals surface area contributed by atoms with Crippen LogP contribution in [0.2, 0.25) is 5.02 Å². The number of thiazole rings is 1. The number of hydrogen-bond donors (Lipinski definition) is 0. The van der Waals surface area contributed by atoms with Gasteiger partial charge >= 0.3 is 0 Å². The van der Waals surface area contributed by atoms with Gasteiger partial charge in [0.1, 0.15) is 5.52 Å². The lowest BCUT2D eigenvalue weighted by molar-refractivity contribution is 0.0986. The predicted octanol–water partition coefficient (Wildman–Crippen LogP) is 6.86. The maximum atomic E-state index is 14.1. The van der Waals surface area contributed by atoms with E-state index in [2.05, 4.69) is 4.90 Å². The molecule has 5 aromatic rings. The van der Waals surface area contributed by atoms with Gasteiger partial charge in [0.25, 0.3) is 5.91 Å². The Morgan fingerprint density at radius 1 is 1.00 bits per heavy atom. The van der Waals surface area contributed by atoms with Crippen LogP contribution in [0.25, 0.3) is 31.7 Å². The lowest BCUT2D eigenvalue weighted by Gasteiger charge is -2.23. The highest BCUT2D eigenvalue weighted by molar-refractivity contribution is 7.22. The molecule has 0 atom stereocenters. The van der Waals surface area contributed by atoms with Crippen LogP contribution in [0.4, 0.5) is 5.13 Å². The minimum Gasteiger partial charge on any atom is -0.308 e. The molecule has 0 bridgehead atoms. The zero-order valence-electron chi connectivity index (χ0n) is 18.6. The van der Waals surface area contributed by atoms with Crippen molar-refractivity contribution >= 4 is 78.8 Å². The third-order valence-corrected chi connectivity index (χ3v) is 7.57. The van der Waals surface area contributed by atoms with Crippen molar-refractivity contribution < 1.29 is 4.79 Å². The van der Waals surface area contributed by atoms with Crippen molar-refractivity contribution in [3.8, 4) is 10.6 Å². The van der Waals surface area contributed by atoms with Crippen LogP contribution in [0.5, 0.6) is 0 Å². The van der Waals surface area contributed by atoms with Gasteiger partial charge in [-0.1, -0.05) is 53.3 Å². The van der Waals surface area contributed by atoms with Gasteiger partial charge in [-0.25, -0.2) is 9.97 Å². The molecule has 0 saturated carbocycles. The summed E-state index contributed by atoms with van der Waals surface area (Å²) in [6, 6.07) is 19.4. The molecule has 0 unspecified atom stereocenters. The molecule has 5 rings (SSSR count). The second kappa shape index (κ2) is 10.4. The number of amides is 1. The number of anilines is 1. The normalized spacial score (nSPS) is 11.2. The van der Waals surface area contributed by atoms with Crippen molar-refractivity contribution in [3.05, 3.63) is 76.6 Å². The summed E-state index contributed by atoms with van der Waals surface area (Å²) in [5.74, 6) is -0.0940. The van der Waals surface area contributed by atoms with Crippen molar-refractivity contribution in [1.82, 2.24) is 14.9 Å². The second-order valence-corrected chi connectivity index (χ2v) is 10.3. The number of carbonyl (C=O) groups is 1. The van der Waals surface area contributed by atoms with Crippen LogP contribution in [0.3, 0.4) is 0 Å². The van der Waals surface area contributed by atoms with Gasteiger partial charge in [0.2, 0.25) is 0 Å². The number of likely N-dealkylation sites (N-methyl/N-ethyl adjacent to an activating group) is 1. The largest absolute Gasteiger partial charge is 0.308 e. The predicted molar refractivity (Wildman–Crippen MR) is 147 cm³/mol. The molecule has 0 spiro atoms. The van der Waals surface area contributed by atoms with E-state index in [1.165, 1.54) is 11.3 Å². The van der Waals surface area contributed by atoms with Crippen molar-refractivity contribution in [3.63, 3.8) is 0 Å². The molecule has 0 N–H and O–H groups in total. The van der Waals surface area contributed by atoms with E-state index >= 15 is 0 Å². The number of pyridine rings is 1. The third-order valence-electron chi connectivity index (χ3n) is 5.33. The topological polar surface area (TPSA) is 49.3 Å². The monoisotopic (exact) mass is 528 g/mol. The first-order chi connectivity index (χ1) is 16.0. The summed E-state index contributed by atoms with van der Waals surface area (Å²) in [6.45, 7) is 1.21. The van der Waals surface area contributed by atoms with E-state index in [0.717, 1.165) is 31.7 Å². The van der Waals surface area contributed by atoms with Gasteiger partial charge in [0, 0.05) is 18.5 Å². The molecule has 9 heteroatoms. The number of para-hydroxylation sites is 2. The van der Waals surface area contributed by atoms with Crippen LogP contribution in [-0.4, -0.2) is 48.0 Å². The zero-order chi connectivity index (χ0) is 22.9.